The average Bonchev–Trinajstić information content (AvgIpc) is 3.05. The molecule has 3 rings (SSSR count). The smallest absolute Gasteiger partial charge is 0.255 e. The van der Waals surface area contributed by atoms with Gasteiger partial charge in [0.1, 0.15) is 0 Å². The van der Waals surface area contributed by atoms with Crippen LogP contribution in [0.5, 0.6) is 0 Å². The number of hydrogen-bond donors (Lipinski definition) is 2. The summed E-state index contributed by atoms with van der Waals surface area (Å²) in [6.07, 6.45) is 1.70. The quantitative estimate of drug-likeness (QED) is 0.770. The molecule has 0 bridgehead atoms. The van der Waals surface area contributed by atoms with Crippen LogP contribution in [0.3, 0.4) is 0 Å². The van der Waals surface area contributed by atoms with Gasteiger partial charge in [-0.1, -0.05) is 0 Å². The molecule has 2 aromatic rings. The number of hydrogen-bond acceptors (Lipinski definition) is 5. The van der Waals surface area contributed by atoms with Crippen LogP contribution in [0.2, 0.25) is 0 Å². The van der Waals surface area contributed by atoms with Gasteiger partial charge >= 0.3 is 0 Å². The second-order valence-corrected chi connectivity index (χ2v) is 9.91. The number of nitrogens with zero attached hydrogens (tertiary/aromatic N) is 1. The molecule has 0 spiro atoms. The van der Waals surface area contributed by atoms with Gasteiger partial charge in [-0.05, 0) is 61.5 Å². The normalized spacial score (nSPS) is 14.1. The Morgan fingerprint density at radius 3 is 2.30 bits per heavy atom. The van der Waals surface area contributed by atoms with E-state index in [2.05, 4.69) is 10.0 Å². The van der Waals surface area contributed by atoms with Crippen LogP contribution in [0.25, 0.3) is 0 Å². The maximum atomic E-state index is 12.5. The third kappa shape index (κ3) is 3.97. The van der Waals surface area contributed by atoms with Crippen molar-refractivity contribution in [1.29, 1.82) is 0 Å². The van der Waals surface area contributed by atoms with Gasteiger partial charge in [-0.3, -0.25) is 9.10 Å². The fourth-order valence-electron chi connectivity index (χ4n) is 2.90. The molecule has 2 N–H and O–H groups in total. The first-order valence-electron chi connectivity index (χ1n) is 8.07. The van der Waals surface area contributed by atoms with E-state index in [0.717, 1.165) is 11.8 Å². The van der Waals surface area contributed by atoms with Gasteiger partial charge in [-0.25, -0.2) is 21.6 Å². The van der Waals surface area contributed by atoms with Crippen LogP contribution in [-0.2, 0) is 26.5 Å². The van der Waals surface area contributed by atoms with Crippen LogP contribution in [0.1, 0.15) is 15.9 Å². The Morgan fingerprint density at radius 1 is 1.04 bits per heavy atom. The molecule has 0 radical (unpaired) electrons. The summed E-state index contributed by atoms with van der Waals surface area (Å²) in [7, 11) is -5.55. The third-order valence-electron chi connectivity index (χ3n) is 4.29. The molecule has 0 unspecified atom stereocenters. The summed E-state index contributed by atoms with van der Waals surface area (Å²) in [4.78, 5) is 12.6. The highest BCUT2D eigenvalue weighted by molar-refractivity contribution is 7.92. The van der Waals surface area contributed by atoms with Crippen molar-refractivity contribution >= 4 is 37.3 Å². The molecule has 27 heavy (non-hydrogen) atoms. The summed E-state index contributed by atoms with van der Waals surface area (Å²) in [5, 5.41) is 2.70. The predicted octanol–water partition coefficient (Wildman–Crippen LogP) is 1.17. The van der Waals surface area contributed by atoms with Crippen molar-refractivity contribution in [2.45, 2.75) is 11.3 Å². The van der Waals surface area contributed by atoms with Crippen LogP contribution < -0.4 is 14.3 Å². The summed E-state index contributed by atoms with van der Waals surface area (Å²) < 4.78 is 50.5. The molecular weight excluding hydrogens is 390 g/mol. The highest BCUT2D eigenvalue weighted by atomic mass is 32.2. The molecule has 0 fully saturated rings. The van der Waals surface area contributed by atoms with Crippen LogP contribution >= 0.6 is 0 Å². The van der Waals surface area contributed by atoms with Crippen molar-refractivity contribution < 1.29 is 21.6 Å². The predicted molar refractivity (Wildman–Crippen MR) is 103 cm³/mol. The lowest BCUT2D eigenvalue weighted by Gasteiger charge is -2.16. The molecule has 1 aliphatic heterocycles. The number of anilines is 2. The SMILES string of the molecule is CNS(=O)(=O)c1ccc(NC(=O)c2ccc3c(c2)CCN3S(C)(=O)=O)cc1. The molecule has 1 aliphatic rings. The standard InChI is InChI=1S/C17H19N3O5S2/c1-18-27(24,25)15-6-4-14(5-7-15)19-17(21)13-3-8-16-12(11-13)9-10-20(16)26(2,22)23/h3-8,11,18H,9-10H2,1-2H3,(H,19,21). The van der Waals surface area contributed by atoms with Gasteiger partial charge in [0.05, 0.1) is 16.8 Å². The van der Waals surface area contributed by atoms with Gasteiger partial charge in [-0.2, -0.15) is 0 Å². The molecule has 0 saturated heterocycles. The van der Waals surface area contributed by atoms with E-state index in [4.69, 9.17) is 0 Å². The first-order chi connectivity index (χ1) is 12.6. The van der Waals surface area contributed by atoms with Gasteiger partial charge in [0.15, 0.2) is 0 Å². The summed E-state index contributed by atoms with van der Waals surface area (Å²) in [6.45, 7) is 0.362. The summed E-state index contributed by atoms with van der Waals surface area (Å²) >= 11 is 0. The zero-order valence-electron chi connectivity index (χ0n) is 14.8. The third-order valence-corrected chi connectivity index (χ3v) is 6.90. The number of benzene rings is 2. The lowest BCUT2D eigenvalue weighted by atomic mass is 10.1. The first-order valence-corrected chi connectivity index (χ1v) is 11.4. The molecule has 0 atom stereocenters. The van der Waals surface area contributed by atoms with E-state index in [1.54, 1.807) is 18.2 Å². The van der Waals surface area contributed by atoms with Crippen molar-refractivity contribution in [3.05, 3.63) is 53.6 Å². The van der Waals surface area contributed by atoms with E-state index in [9.17, 15) is 21.6 Å². The number of sulfonamides is 2. The fraction of sp³-hybridized carbons (Fsp3) is 0.235. The van der Waals surface area contributed by atoms with Crippen LogP contribution in [0.4, 0.5) is 11.4 Å². The van der Waals surface area contributed by atoms with E-state index in [1.807, 2.05) is 0 Å². The Bertz CT molecular complexity index is 1090. The van der Waals surface area contributed by atoms with Crippen molar-refractivity contribution in [3.63, 3.8) is 0 Å². The Hall–Kier alpha value is -2.43. The zero-order valence-corrected chi connectivity index (χ0v) is 16.4. The maximum Gasteiger partial charge on any atom is 0.255 e. The maximum absolute atomic E-state index is 12.5. The number of carbonyl (C=O) groups is 1. The fourth-order valence-corrected chi connectivity index (χ4v) is 4.58. The molecule has 1 heterocycles. The summed E-state index contributed by atoms with van der Waals surface area (Å²) in [5.74, 6) is -0.361. The molecule has 0 aromatic heterocycles. The van der Waals surface area contributed by atoms with E-state index in [1.165, 1.54) is 35.6 Å². The molecule has 1 amide bonds. The largest absolute Gasteiger partial charge is 0.322 e. The molecule has 10 heteroatoms. The van der Waals surface area contributed by atoms with Gasteiger partial charge < -0.3 is 5.32 Å². The monoisotopic (exact) mass is 409 g/mol. The average molecular weight is 409 g/mol. The van der Waals surface area contributed by atoms with E-state index in [0.29, 0.717) is 29.9 Å². The molecule has 8 nitrogen and oxygen atoms in total. The lowest BCUT2D eigenvalue weighted by molar-refractivity contribution is 0.102. The topological polar surface area (TPSA) is 113 Å². The van der Waals surface area contributed by atoms with E-state index in [-0.39, 0.29) is 10.8 Å². The second kappa shape index (κ2) is 6.95. The molecule has 144 valence electrons. The summed E-state index contributed by atoms with van der Waals surface area (Å²) in [6, 6.07) is 10.7. The van der Waals surface area contributed by atoms with Gasteiger partial charge in [0, 0.05) is 17.8 Å². The molecular formula is C17H19N3O5S2. The number of carbonyl (C=O) groups excluding carboxylic acids is 1. The molecule has 0 aliphatic carbocycles. The minimum Gasteiger partial charge on any atom is -0.322 e. The minimum absolute atomic E-state index is 0.0985. The van der Waals surface area contributed by atoms with Crippen molar-refractivity contribution in [3.8, 4) is 0 Å². The Morgan fingerprint density at radius 2 is 1.70 bits per heavy atom. The van der Waals surface area contributed by atoms with Gasteiger partial charge in [-0.15, -0.1) is 0 Å². The van der Waals surface area contributed by atoms with Crippen molar-refractivity contribution in [1.82, 2.24) is 4.72 Å². The van der Waals surface area contributed by atoms with Crippen LogP contribution in [-0.4, -0.2) is 42.6 Å². The number of fused-ring (bicyclic) bond motifs is 1. The number of amides is 1. The Balaban J connectivity index is 1.78. The Kier molecular flexibility index (Phi) is 4.98. The van der Waals surface area contributed by atoms with Crippen molar-refractivity contribution in [2.24, 2.45) is 0 Å². The lowest BCUT2D eigenvalue weighted by Crippen LogP contribution is -2.27. The number of nitrogens with one attached hydrogen (secondary N) is 2. The van der Waals surface area contributed by atoms with Crippen molar-refractivity contribution in [2.75, 3.05) is 29.5 Å². The number of rotatable bonds is 5. The highest BCUT2D eigenvalue weighted by Gasteiger charge is 2.26. The summed E-state index contributed by atoms with van der Waals surface area (Å²) in [5.41, 5.74) is 2.24. The van der Waals surface area contributed by atoms with Crippen LogP contribution in [0, 0.1) is 0 Å². The molecule has 2 aromatic carbocycles. The first kappa shape index (κ1) is 19.3. The minimum atomic E-state index is -3.54. The van der Waals surface area contributed by atoms with Gasteiger partial charge in [0.25, 0.3) is 5.91 Å². The van der Waals surface area contributed by atoms with Gasteiger partial charge in [0.2, 0.25) is 20.0 Å². The Labute approximate surface area is 158 Å². The highest BCUT2D eigenvalue weighted by Crippen LogP contribution is 2.31. The second-order valence-electron chi connectivity index (χ2n) is 6.11. The van der Waals surface area contributed by atoms with E-state index >= 15 is 0 Å². The van der Waals surface area contributed by atoms with Crippen LogP contribution in [0.15, 0.2) is 47.4 Å². The zero-order chi connectivity index (χ0) is 19.8. The molecule has 0 saturated carbocycles. The van der Waals surface area contributed by atoms with E-state index < -0.39 is 20.0 Å².